The van der Waals surface area contributed by atoms with Gasteiger partial charge in [-0.1, -0.05) is 20.8 Å². The molecule has 0 aromatic carbocycles. The lowest BCUT2D eigenvalue weighted by Gasteiger charge is -2.30. The molecule has 1 aliphatic rings. The first kappa shape index (κ1) is 19.3. The average Bonchev–Trinajstić information content (AvgIpc) is 3.09. The van der Waals surface area contributed by atoms with Gasteiger partial charge in [0.05, 0.1) is 13.0 Å². The summed E-state index contributed by atoms with van der Waals surface area (Å²) < 4.78 is 2.25. The van der Waals surface area contributed by atoms with Crippen LogP contribution in [0.5, 0.6) is 0 Å². The summed E-state index contributed by atoms with van der Waals surface area (Å²) in [6, 6.07) is 0. The Labute approximate surface area is 160 Å². The van der Waals surface area contributed by atoms with Gasteiger partial charge in [-0.3, -0.25) is 14.7 Å². The van der Waals surface area contributed by atoms with E-state index in [4.69, 9.17) is 0 Å². The van der Waals surface area contributed by atoms with Gasteiger partial charge < -0.3 is 9.88 Å². The molecule has 0 fully saturated rings. The SMILES string of the molecule is CCCn1c(C)c(CC(=O)NCc2n[nH]c(C)n2)c2c1CC(C)(C)CC2=O. The number of aryl methyl sites for hydroxylation is 1. The number of aromatic nitrogens is 4. The van der Waals surface area contributed by atoms with E-state index in [1.807, 2.05) is 13.8 Å². The molecule has 0 saturated carbocycles. The second kappa shape index (κ2) is 7.29. The largest absolute Gasteiger partial charge is 0.348 e. The van der Waals surface area contributed by atoms with Crippen molar-refractivity contribution in [3.63, 3.8) is 0 Å². The Hall–Kier alpha value is -2.44. The van der Waals surface area contributed by atoms with Crippen LogP contribution in [0.25, 0.3) is 0 Å². The number of aromatic amines is 1. The van der Waals surface area contributed by atoms with Gasteiger partial charge in [0.15, 0.2) is 11.6 Å². The first-order chi connectivity index (χ1) is 12.7. The van der Waals surface area contributed by atoms with Gasteiger partial charge >= 0.3 is 0 Å². The molecule has 0 saturated heterocycles. The molecule has 27 heavy (non-hydrogen) atoms. The van der Waals surface area contributed by atoms with Gasteiger partial charge in [-0.15, -0.1) is 0 Å². The minimum Gasteiger partial charge on any atom is -0.348 e. The lowest BCUT2D eigenvalue weighted by molar-refractivity contribution is -0.120. The first-order valence-corrected chi connectivity index (χ1v) is 9.60. The van der Waals surface area contributed by atoms with Gasteiger partial charge in [0.25, 0.3) is 0 Å². The van der Waals surface area contributed by atoms with Crippen LogP contribution in [0.15, 0.2) is 0 Å². The normalized spacial score (nSPS) is 15.7. The van der Waals surface area contributed by atoms with Crippen LogP contribution in [0.3, 0.4) is 0 Å². The summed E-state index contributed by atoms with van der Waals surface area (Å²) in [4.78, 5) is 29.6. The van der Waals surface area contributed by atoms with Crippen molar-refractivity contribution >= 4 is 11.7 Å². The molecule has 0 bridgehead atoms. The first-order valence-electron chi connectivity index (χ1n) is 9.60. The highest BCUT2D eigenvalue weighted by molar-refractivity contribution is 6.01. The number of H-pyrrole nitrogens is 1. The Bertz CT molecular complexity index is 875. The fourth-order valence-electron chi connectivity index (χ4n) is 4.02. The van der Waals surface area contributed by atoms with E-state index >= 15 is 0 Å². The second-order valence-corrected chi connectivity index (χ2v) is 8.27. The Morgan fingerprint density at radius 1 is 1.30 bits per heavy atom. The number of ketones is 1. The Kier molecular flexibility index (Phi) is 5.22. The number of rotatable bonds is 6. The van der Waals surface area contributed by atoms with Crippen molar-refractivity contribution in [3.05, 3.63) is 34.2 Å². The van der Waals surface area contributed by atoms with Gasteiger partial charge in [0, 0.05) is 29.9 Å². The molecule has 1 aliphatic carbocycles. The third-order valence-electron chi connectivity index (χ3n) is 5.19. The van der Waals surface area contributed by atoms with Crippen LogP contribution >= 0.6 is 0 Å². The Balaban J connectivity index is 1.84. The molecule has 146 valence electrons. The zero-order chi connectivity index (χ0) is 19.8. The van der Waals surface area contributed by atoms with Gasteiger partial charge in [0.2, 0.25) is 5.91 Å². The average molecular weight is 371 g/mol. The summed E-state index contributed by atoms with van der Waals surface area (Å²) in [7, 11) is 0. The van der Waals surface area contributed by atoms with Gasteiger partial charge in [-0.25, -0.2) is 4.98 Å². The molecule has 0 spiro atoms. The van der Waals surface area contributed by atoms with Crippen LogP contribution in [-0.4, -0.2) is 31.4 Å². The number of nitrogens with zero attached hydrogens (tertiary/aromatic N) is 3. The summed E-state index contributed by atoms with van der Waals surface area (Å²) in [5.74, 6) is 1.32. The highest BCUT2D eigenvalue weighted by atomic mass is 16.1. The maximum Gasteiger partial charge on any atom is 0.224 e. The summed E-state index contributed by atoms with van der Waals surface area (Å²) in [5.41, 5.74) is 3.76. The predicted molar refractivity (Wildman–Crippen MR) is 103 cm³/mol. The number of hydrogen-bond acceptors (Lipinski definition) is 4. The number of fused-ring (bicyclic) bond motifs is 1. The van der Waals surface area contributed by atoms with E-state index in [2.05, 4.69) is 45.8 Å². The second-order valence-electron chi connectivity index (χ2n) is 8.27. The summed E-state index contributed by atoms with van der Waals surface area (Å²) in [6.45, 7) is 11.4. The van der Waals surface area contributed by atoms with Crippen LogP contribution in [0, 0.1) is 19.3 Å². The highest BCUT2D eigenvalue weighted by Gasteiger charge is 2.36. The number of carbonyl (C=O) groups excluding carboxylic acids is 2. The van der Waals surface area contributed by atoms with Crippen molar-refractivity contribution in [3.8, 4) is 0 Å². The molecule has 3 rings (SSSR count). The van der Waals surface area contributed by atoms with Crippen molar-refractivity contribution in [2.75, 3.05) is 0 Å². The zero-order valence-electron chi connectivity index (χ0n) is 16.9. The van der Waals surface area contributed by atoms with Gasteiger partial charge in [0.1, 0.15) is 5.82 Å². The summed E-state index contributed by atoms with van der Waals surface area (Å²) in [6.07, 6.45) is 2.60. The third-order valence-corrected chi connectivity index (χ3v) is 5.19. The lowest BCUT2D eigenvalue weighted by atomic mass is 9.75. The molecule has 7 nitrogen and oxygen atoms in total. The monoisotopic (exact) mass is 371 g/mol. The highest BCUT2D eigenvalue weighted by Crippen LogP contribution is 2.38. The molecule has 0 aliphatic heterocycles. The molecule has 0 atom stereocenters. The molecular formula is C20H29N5O2. The van der Waals surface area contributed by atoms with E-state index in [9.17, 15) is 9.59 Å². The molecule has 7 heteroatoms. The maximum absolute atomic E-state index is 12.9. The van der Waals surface area contributed by atoms with Crippen molar-refractivity contribution < 1.29 is 9.59 Å². The number of amides is 1. The fourth-order valence-corrected chi connectivity index (χ4v) is 4.02. The number of carbonyl (C=O) groups is 2. The maximum atomic E-state index is 12.9. The minimum atomic E-state index is -0.116. The predicted octanol–water partition coefficient (Wildman–Crippen LogP) is 2.65. The molecule has 2 aromatic rings. The molecule has 0 radical (unpaired) electrons. The number of nitrogens with one attached hydrogen (secondary N) is 2. The standard InChI is InChI=1S/C20H29N5O2/c1-6-7-25-12(2)14(19-15(25)9-20(4,5)10-16(19)26)8-18(27)21-11-17-22-13(3)23-24-17/h6-11H2,1-5H3,(H,21,27)(H,22,23,24). The van der Waals surface area contributed by atoms with E-state index in [1.165, 1.54) is 0 Å². The Morgan fingerprint density at radius 3 is 2.67 bits per heavy atom. The fraction of sp³-hybridized carbons (Fsp3) is 0.600. The van der Waals surface area contributed by atoms with Gasteiger partial charge in [-0.05, 0) is 37.7 Å². The van der Waals surface area contributed by atoms with Crippen LogP contribution in [0.2, 0.25) is 0 Å². The minimum absolute atomic E-state index is 0.0383. The third kappa shape index (κ3) is 3.96. The molecule has 2 aromatic heterocycles. The van der Waals surface area contributed by atoms with E-state index in [-0.39, 0.29) is 30.1 Å². The van der Waals surface area contributed by atoms with E-state index in [0.29, 0.717) is 18.1 Å². The van der Waals surface area contributed by atoms with Crippen LogP contribution in [0.4, 0.5) is 0 Å². The molecular weight excluding hydrogens is 342 g/mol. The van der Waals surface area contributed by atoms with Crippen molar-refractivity contribution in [1.82, 2.24) is 25.1 Å². The van der Waals surface area contributed by atoms with Crippen LogP contribution in [0.1, 0.15) is 72.6 Å². The number of Topliss-reactive ketones (excluding diaryl/α,β-unsaturated/α-hetero) is 1. The molecule has 0 unspecified atom stereocenters. The quantitative estimate of drug-likeness (QED) is 0.816. The molecule has 2 N–H and O–H groups in total. The van der Waals surface area contributed by atoms with E-state index in [1.54, 1.807) is 0 Å². The molecule has 2 heterocycles. The smallest absolute Gasteiger partial charge is 0.224 e. The van der Waals surface area contributed by atoms with Crippen LogP contribution in [-0.2, 0) is 30.7 Å². The lowest BCUT2D eigenvalue weighted by Crippen LogP contribution is -2.29. The zero-order valence-corrected chi connectivity index (χ0v) is 16.9. The molecule has 1 amide bonds. The topological polar surface area (TPSA) is 92.7 Å². The Morgan fingerprint density at radius 2 is 2.04 bits per heavy atom. The van der Waals surface area contributed by atoms with E-state index in [0.717, 1.165) is 41.9 Å². The van der Waals surface area contributed by atoms with Crippen LogP contribution < -0.4 is 5.32 Å². The summed E-state index contributed by atoms with van der Waals surface area (Å²) in [5, 5.41) is 9.66. The van der Waals surface area contributed by atoms with Crippen molar-refractivity contribution in [2.45, 2.75) is 73.4 Å². The van der Waals surface area contributed by atoms with Crippen molar-refractivity contribution in [2.24, 2.45) is 5.41 Å². The van der Waals surface area contributed by atoms with Gasteiger partial charge in [-0.2, -0.15) is 5.10 Å². The summed E-state index contributed by atoms with van der Waals surface area (Å²) >= 11 is 0. The van der Waals surface area contributed by atoms with Crippen molar-refractivity contribution in [1.29, 1.82) is 0 Å². The van der Waals surface area contributed by atoms with E-state index < -0.39 is 0 Å². The number of hydrogen-bond donors (Lipinski definition) is 2.